The van der Waals surface area contributed by atoms with Gasteiger partial charge in [-0.25, -0.2) is 0 Å². The van der Waals surface area contributed by atoms with E-state index < -0.39 is 0 Å². The van der Waals surface area contributed by atoms with E-state index in [-0.39, 0.29) is 24.2 Å². The van der Waals surface area contributed by atoms with Crippen molar-refractivity contribution in [2.45, 2.75) is 13.0 Å². The Balaban J connectivity index is 1.52. The topological polar surface area (TPSA) is 36.9 Å². The van der Waals surface area contributed by atoms with Gasteiger partial charge in [0.1, 0.15) is 11.5 Å². The molecule has 4 nitrogen and oxygen atoms in total. The van der Waals surface area contributed by atoms with Crippen LogP contribution >= 0.6 is 18.1 Å². The summed E-state index contributed by atoms with van der Waals surface area (Å²) in [6, 6.07) is 19.2. The third-order valence-electron chi connectivity index (χ3n) is 2.43. The minimum atomic E-state index is -0.0430. The molecular formula is C15H18O4P2. The standard InChI is InChI=1S/C15H18O4P2/c1-13(17-21-19-15-10-6-3-7-11-15)12-16-20-18-14-8-4-2-5-9-14/h2-11,13,20-21H,12H2,1H3. The fraction of sp³-hybridized carbons (Fsp3) is 0.200. The molecule has 6 heteroatoms. The lowest BCUT2D eigenvalue weighted by molar-refractivity contribution is 0.157. The monoisotopic (exact) mass is 324 g/mol. The number of rotatable bonds is 9. The molecule has 0 aromatic heterocycles. The molecule has 0 aliphatic carbocycles. The predicted octanol–water partition coefficient (Wildman–Crippen LogP) is 4.58. The van der Waals surface area contributed by atoms with Gasteiger partial charge in [0.05, 0.1) is 12.7 Å². The molecule has 0 saturated carbocycles. The highest BCUT2D eigenvalue weighted by molar-refractivity contribution is 7.27. The Kier molecular flexibility index (Phi) is 7.48. The maximum Gasteiger partial charge on any atom is 0.215 e. The third-order valence-corrected chi connectivity index (χ3v) is 3.85. The zero-order valence-electron chi connectivity index (χ0n) is 11.7. The van der Waals surface area contributed by atoms with Crippen molar-refractivity contribution in [2.75, 3.05) is 6.61 Å². The highest BCUT2D eigenvalue weighted by atomic mass is 31.1. The van der Waals surface area contributed by atoms with Crippen LogP contribution in [-0.4, -0.2) is 12.7 Å². The highest BCUT2D eigenvalue weighted by Gasteiger charge is 2.04. The van der Waals surface area contributed by atoms with Crippen LogP contribution in [-0.2, 0) is 9.05 Å². The summed E-state index contributed by atoms with van der Waals surface area (Å²) >= 11 is 0. The van der Waals surface area contributed by atoms with Gasteiger partial charge >= 0.3 is 0 Å². The van der Waals surface area contributed by atoms with Crippen LogP contribution in [0.3, 0.4) is 0 Å². The predicted molar refractivity (Wildman–Crippen MR) is 87.3 cm³/mol. The second-order valence-electron chi connectivity index (χ2n) is 4.24. The van der Waals surface area contributed by atoms with Crippen molar-refractivity contribution in [3.8, 4) is 11.5 Å². The van der Waals surface area contributed by atoms with Crippen LogP contribution in [0.2, 0.25) is 0 Å². The summed E-state index contributed by atoms with van der Waals surface area (Å²) < 4.78 is 21.9. The first-order chi connectivity index (χ1) is 10.3. The minimum Gasteiger partial charge on any atom is -0.450 e. The van der Waals surface area contributed by atoms with Crippen LogP contribution in [0.4, 0.5) is 0 Å². The van der Waals surface area contributed by atoms with Gasteiger partial charge in [0.25, 0.3) is 0 Å². The number of hydrogen-bond donors (Lipinski definition) is 0. The van der Waals surface area contributed by atoms with Gasteiger partial charge in [-0.05, 0) is 31.2 Å². The molecule has 2 rings (SSSR count). The first-order valence-corrected chi connectivity index (χ1v) is 8.19. The highest BCUT2D eigenvalue weighted by Crippen LogP contribution is 2.24. The number of para-hydroxylation sites is 2. The normalized spacial score (nSPS) is 13.0. The molecule has 112 valence electrons. The Labute approximate surface area is 128 Å². The third kappa shape index (κ3) is 6.88. The summed E-state index contributed by atoms with van der Waals surface area (Å²) in [5.74, 6) is 1.61. The summed E-state index contributed by atoms with van der Waals surface area (Å²) in [5.41, 5.74) is 0. The van der Waals surface area contributed by atoms with Crippen molar-refractivity contribution < 1.29 is 18.1 Å². The van der Waals surface area contributed by atoms with E-state index in [1.54, 1.807) is 0 Å². The van der Waals surface area contributed by atoms with Crippen LogP contribution in [0.1, 0.15) is 6.92 Å². The molecule has 0 spiro atoms. The van der Waals surface area contributed by atoms with E-state index in [4.69, 9.17) is 18.1 Å². The number of benzene rings is 2. The Morgan fingerprint density at radius 2 is 1.33 bits per heavy atom. The molecule has 0 heterocycles. The molecule has 0 bridgehead atoms. The Hall–Kier alpha value is -1.18. The lowest BCUT2D eigenvalue weighted by atomic mass is 10.3. The van der Waals surface area contributed by atoms with E-state index in [0.29, 0.717) is 6.61 Å². The van der Waals surface area contributed by atoms with Crippen molar-refractivity contribution >= 4 is 18.1 Å². The molecule has 0 aliphatic heterocycles. The first kappa shape index (κ1) is 16.2. The lowest BCUT2D eigenvalue weighted by Crippen LogP contribution is -2.10. The summed E-state index contributed by atoms with van der Waals surface area (Å²) in [5, 5.41) is 0. The lowest BCUT2D eigenvalue weighted by Gasteiger charge is -2.13. The molecule has 3 atom stereocenters. The molecule has 21 heavy (non-hydrogen) atoms. The van der Waals surface area contributed by atoms with E-state index in [2.05, 4.69) is 0 Å². The molecule has 0 radical (unpaired) electrons. The summed E-state index contributed by atoms with van der Waals surface area (Å²) in [6.45, 7) is 2.41. The van der Waals surface area contributed by atoms with Crippen LogP contribution in [0.5, 0.6) is 11.5 Å². The van der Waals surface area contributed by atoms with Crippen molar-refractivity contribution in [1.29, 1.82) is 0 Å². The quantitative estimate of drug-likeness (QED) is 0.500. The number of hydrogen-bond acceptors (Lipinski definition) is 4. The Bertz CT molecular complexity index is 496. The van der Waals surface area contributed by atoms with Crippen molar-refractivity contribution in [3.63, 3.8) is 0 Å². The Morgan fingerprint density at radius 1 is 0.810 bits per heavy atom. The maximum absolute atomic E-state index is 5.53. The average Bonchev–Trinajstić information content (AvgIpc) is 2.54. The molecule has 2 aromatic carbocycles. The summed E-state index contributed by atoms with van der Waals surface area (Å²) in [7, 11) is -0.0803. The molecule has 0 N–H and O–H groups in total. The maximum atomic E-state index is 5.53. The molecule has 0 fully saturated rings. The van der Waals surface area contributed by atoms with Gasteiger partial charge in [0.15, 0.2) is 0 Å². The molecule has 0 saturated heterocycles. The molecule has 0 amide bonds. The second-order valence-corrected chi connectivity index (χ2v) is 5.50. The molecular weight excluding hydrogens is 306 g/mol. The molecule has 3 unspecified atom stereocenters. The van der Waals surface area contributed by atoms with Crippen LogP contribution < -0.4 is 9.05 Å². The van der Waals surface area contributed by atoms with Gasteiger partial charge in [-0.1, -0.05) is 36.4 Å². The van der Waals surface area contributed by atoms with Crippen molar-refractivity contribution in [1.82, 2.24) is 0 Å². The fourth-order valence-corrected chi connectivity index (χ4v) is 2.50. The SMILES string of the molecule is CC(COPOc1ccccc1)OPOc1ccccc1. The zero-order chi connectivity index (χ0) is 14.8. The summed E-state index contributed by atoms with van der Waals surface area (Å²) in [6.07, 6.45) is -0.0427. The van der Waals surface area contributed by atoms with Crippen molar-refractivity contribution in [3.05, 3.63) is 60.7 Å². The van der Waals surface area contributed by atoms with E-state index >= 15 is 0 Å². The molecule has 2 aromatic rings. The van der Waals surface area contributed by atoms with Gasteiger partial charge in [-0.3, -0.25) is 0 Å². The van der Waals surface area contributed by atoms with Crippen LogP contribution in [0.25, 0.3) is 0 Å². The van der Waals surface area contributed by atoms with Gasteiger partial charge < -0.3 is 18.1 Å². The zero-order valence-corrected chi connectivity index (χ0v) is 13.7. The van der Waals surface area contributed by atoms with E-state index in [0.717, 1.165) is 11.5 Å². The van der Waals surface area contributed by atoms with Gasteiger partial charge in [-0.2, -0.15) is 0 Å². The van der Waals surface area contributed by atoms with Crippen LogP contribution in [0, 0.1) is 0 Å². The fourth-order valence-electron chi connectivity index (χ4n) is 1.39. The van der Waals surface area contributed by atoms with E-state index in [1.807, 2.05) is 67.6 Å². The second kappa shape index (κ2) is 9.70. The van der Waals surface area contributed by atoms with E-state index in [1.165, 1.54) is 0 Å². The largest absolute Gasteiger partial charge is 0.450 e. The first-order valence-electron chi connectivity index (χ1n) is 6.56. The average molecular weight is 324 g/mol. The van der Waals surface area contributed by atoms with Gasteiger partial charge in [0, 0.05) is 0 Å². The van der Waals surface area contributed by atoms with Crippen molar-refractivity contribution in [2.24, 2.45) is 0 Å². The Morgan fingerprint density at radius 3 is 1.90 bits per heavy atom. The van der Waals surface area contributed by atoms with Crippen LogP contribution in [0.15, 0.2) is 60.7 Å². The smallest absolute Gasteiger partial charge is 0.215 e. The van der Waals surface area contributed by atoms with E-state index in [9.17, 15) is 0 Å². The van der Waals surface area contributed by atoms with Gasteiger partial charge in [-0.15, -0.1) is 0 Å². The van der Waals surface area contributed by atoms with Gasteiger partial charge in [0.2, 0.25) is 18.1 Å². The minimum absolute atomic E-state index is 0.0373. The molecule has 0 aliphatic rings. The summed E-state index contributed by atoms with van der Waals surface area (Å²) in [4.78, 5) is 0.